The van der Waals surface area contributed by atoms with Crippen LogP contribution in [-0.4, -0.2) is 37.5 Å². The van der Waals surface area contributed by atoms with Crippen LogP contribution in [0.1, 0.15) is 26.2 Å². The van der Waals surface area contributed by atoms with Gasteiger partial charge in [0, 0.05) is 18.6 Å². The average Bonchev–Trinajstić information content (AvgIpc) is 2.24. The second kappa shape index (κ2) is 4.72. The molecule has 2 rings (SSSR count). The van der Waals surface area contributed by atoms with Gasteiger partial charge >= 0.3 is 5.97 Å². The molecule has 2 aliphatic heterocycles. The fourth-order valence-electron chi connectivity index (χ4n) is 2.89. The largest absolute Gasteiger partial charge is 0.481 e. The van der Waals surface area contributed by atoms with E-state index in [0.29, 0.717) is 5.92 Å². The molecule has 2 fully saturated rings. The van der Waals surface area contributed by atoms with Gasteiger partial charge in [0.05, 0.1) is 19.1 Å². The van der Waals surface area contributed by atoms with Crippen LogP contribution in [0.2, 0.25) is 0 Å². The number of hydrogen-bond donors (Lipinski definition) is 1. The first kappa shape index (κ1) is 11.9. The normalized spacial score (nSPS) is 27.1. The molecule has 1 atom stereocenters. The van der Waals surface area contributed by atoms with Gasteiger partial charge in [-0.05, 0) is 25.2 Å². The SMILES string of the molecule is CC(CC1(C2CCOCC2)COC1)C(=O)O. The van der Waals surface area contributed by atoms with Crippen molar-refractivity contribution in [2.75, 3.05) is 26.4 Å². The van der Waals surface area contributed by atoms with Crippen LogP contribution in [-0.2, 0) is 14.3 Å². The van der Waals surface area contributed by atoms with E-state index in [9.17, 15) is 4.79 Å². The van der Waals surface area contributed by atoms with Crippen LogP contribution in [0.5, 0.6) is 0 Å². The minimum atomic E-state index is -0.696. The van der Waals surface area contributed by atoms with Crippen molar-refractivity contribution in [2.45, 2.75) is 26.2 Å². The van der Waals surface area contributed by atoms with E-state index in [1.165, 1.54) is 0 Å². The van der Waals surface area contributed by atoms with Gasteiger partial charge in [-0.15, -0.1) is 0 Å². The molecule has 92 valence electrons. The molecule has 4 nitrogen and oxygen atoms in total. The fraction of sp³-hybridized carbons (Fsp3) is 0.917. The van der Waals surface area contributed by atoms with Crippen LogP contribution in [0.25, 0.3) is 0 Å². The zero-order chi connectivity index (χ0) is 11.6. The van der Waals surface area contributed by atoms with Crippen molar-refractivity contribution in [1.29, 1.82) is 0 Å². The molecule has 0 aliphatic carbocycles. The van der Waals surface area contributed by atoms with Gasteiger partial charge in [0.25, 0.3) is 0 Å². The van der Waals surface area contributed by atoms with E-state index in [1.54, 1.807) is 6.92 Å². The molecule has 16 heavy (non-hydrogen) atoms. The summed E-state index contributed by atoms with van der Waals surface area (Å²) in [4.78, 5) is 10.9. The Bertz CT molecular complexity index is 254. The first-order valence-electron chi connectivity index (χ1n) is 6.02. The second-order valence-electron chi connectivity index (χ2n) is 5.19. The lowest BCUT2D eigenvalue weighted by Crippen LogP contribution is -2.51. The lowest BCUT2D eigenvalue weighted by Gasteiger charge is -2.49. The summed E-state index contributed by atoms with van der Waals surface area (Å²) < 4.78 is 10.7. The molecule has 2 heterocycles. The van der Waals surface area contributed by atoms with Crippen LogP contribution in [0, 0.1) is 17.3 Å². The minimum Gasteiger partial charge on any atom is -0.481 e. The Labute approximate surface area is 95.9 Å². The van der Waals surface area contributed by atoms with Gasteiger partial charge in [-0.2, -0.15) is 0 Å². The Balaban J connectivity index is 1.98. The number of carboxylic acids is 1. The molecule has 0 spiro atoms. The lowest BCUT2D eigenvalue weighted by molar-refractivity contribution is -0.177. The number of rotatable bonds is 4. The van der Waals surface area contributed by atoms with Crippen LogP contribution >= 0.6 is 0 Å². The number of hydrogen-bond acceptors (Lipinski definition) is 3. The lowest BCUT2D eigenvalue weighted by atomic mass is 9.66. The van der Waals surface area contributed by atoms with E-state index in [0.717, 1.165) is 45.7 Å². The van der Waals surface area contributed by atoms with Crippen molar-refractivity contribution < 1.29 is 19.4 Å². The van der Waals surface area contributed by atoms with E-state index in [4.69, 9.17) is 14.6 Å². The Morgan fingerprint density at radius 1 is 1.38 bits per heavy atom. The zero-order valence-electron chi connectivity index (χ0n) is 9.78. The third kappa shape index (κ3) is 2.23. The highest BCUT2D eigenvalue weighted by molar-refractivity contribution is 5.69. The molecule has 1 unspecified atom stereocenters. The predicted octanol–water partition coefficient (Wildman–Crippen LogP) is 1.54. The van der Waals surface area contributed by atoms with Gasteiger partial charge < -0.3 is 14.6 Å². The molecule has 0 saturated carbocycles. The Hall–Kier alpha value is -0.610. The topological polar surface area (TPSA) is 55.8 Å². The summed E-state index contributed by atoms with van der Waals surface area (Å²) in [5.74, 6) is -0.387. The quantitative estimate of drug-likeness (QED) is 0.793. The molecule has 4 heteroatoms. The number of aliphatic carboxylic acids is 1. The summed E-state index contributed by atoms with van der Waals surface area (Å²) in [6.07, 6.45) is 2.85. The van der Waals surface area contributed by atoms with Crippen molar-refractivity contribution in [3.05, 3.63) is 0 Å². The Morgan fingerprint density at radius 3 is 2.44 bits per heavy atom. The highest BCUT2D eigenvalue weighted by atomic mass is 16.5. The third-order valence-electron chi connectivity index (χ3n) is 4.00. The first-order chi connectivity index (χ1) is 7.64. The number of carbonyl (C=O) groups is 1. The monoisotopic (exact) mass is 228 g/mol. The summed E-state index contributed by atoms with van der Waals surface area (Å²) >= 11 is 0. The molecule has 0 aromatic carbocycles. The van der Waals surface area contributed by atoms with Crippen molar-refractivity contribution in [2.24, 2.45) is 17.3 Å². The summed E-state index contributed by atoms with van der Waals surface area (Å²) in [5, 5.41) is 9.00. The average molecular weight is 228 g/mol. The first-order valence-corrected chi connectivity index (χ1v) is 6.02. The van der Waals surface area contributed by atoms with Crippen LogP contribution < -0.4 is 0 Å². The molecule has 2 saturated heterocycles. The molecule has 1 N–H and O–H groups in total. The van der Waals surface area contributed by atoms with Gasteiger partial charge in [0.1, 0.15) is 0 Å². The van der Waals surface area contributed by atoms with E-state index >= 15 is 0 Å². The summed E-state index contributed by atoms with van der Waals surface area (Å²) in [5.41, 5.74) is 0.113. The zero-order valence-corrected chi connectivity index (χ0v) is 9.78. The molecular weight excluding hydrogens is 208 g/mol. The summed E-state index contributed by atoms with van der Waals surface area (Å²) in [6, 6.07) is 0. The van der Waals surface area contributed by atoms with Crippen LogP contribution in [0.3, 0.4) is 0 Å². The number of carboxylic acid groups (broad SMARTS) is 1. The van der Waals surface area contributed by atoms with Crippen molar-refractivity contribution in [1.82, 2.24) is 0 Å². The molecule has 0 amide bonds. The standard InChI is InChI=1S/C12H20O4/c1-9(11(13)14)6-12(7-16-8-12)10-2-4-15-5-3-10/h9-10H,2-8H2,1H3,(H,13,14). The molecular formula is C12H20O4. The summed E-state index contributed by atoms with van der Waals surface area (Å²) in [7, 11) is 0. The maximum absolute atomic E-state index is 10.9. The van der Waals surface area contributed by atoms with Crippen molar-refractivity contribution in [3.8, 4) is 0 Å². The van der Waals surface area contributed by atoms with E-state index in [-0.39, 0.29) is 11.3 Å². The second-order valence-corrected chi connectivity index (χ2v) is 5.19. The van der Waals surface area contributed by atoms with Crippen LogP contribution in [0.4, 0.5) is 0 Å². The van der Waals surface area contributed by atoms with Gasteiger partial charge in [-0.25, -0.2) is 0 Å². The highest BCUT2D eigenvalue weighted by Gasteiger charge is 2.47. The molecule has 0 bridgehead atoms. The number of ether oxygens (including phenoxy) is 2. The predicted molar refractivity (Wildman–Crippen MR) is 58.2 cm³/mol. The van der Waals surface area contributed by atoms with Gasteiger partial charge in [0.2, 0.25) is 0 Å². The van der Waals surface area contributed by atoms with E-state index < -0.39 is 5.97 Å². The smallest absolute Gasteiger partial charge is 0.306 e. The molecule has 0 aromatic heterocycles. The molecule has 0 radical (unpaired) electrons. The van der Waals surface area contributed by atoms with Gasteiger partial charge in [-0.1, -0.05) is 6.92 Å². The Kier molecular flexibility index (Phi) is 3.50. The highest BCUT2D eigenvalue weighted by Crippen LogP contribution is 2.45. The minimum absolute atomic E-state index is 0.113. The van der Waals surface area contributed by atoms with Gasteiger partial charge in [0.15, 0.2) is 0 Å². The molecule has 0 aromatic rings. The Morgan fingerprint density at radius 2 is 2.00 bits per heavy atom. The van der Waals surface area contributed by atoms with Crippen molar-refractivity contribution >= 4 is 5.97 Å². The van der Waals surface area contributed by atoms with Crippen molar-refractivity contribution in [3.63, 3.8) is 0 Å². The molecule has 2 aliphatic rings. The maximum Gasteiger partial charge on any atom is 0.306 e. The van der Waals surface area contributed by atoms with E-state index in [1.807, 2.05) is 0 Å². The van der Waals surface area contributed by atoms with Crippen LogP contribution in [0.15, 0.2) is 0 Å². The maximum atomic E-state index is 10.9. The summed E-state index contributed by atoms with van der Waals surface area (Å²) in [6.45, 7) is 4.88. The fourth-order valence-corrected chi connectivity index (χ4v) is 2.89. The van der Waals surface area contributed by atoms with E-state index in [2.05, 4.69) is 0 Å². The van der Waals surface area contributed by atoms with Gasteiger partial charge in [-0.3, -0.25) is 4.79 Å². The third-order valence-corrected chi connectivity index (χ3v) is 4.00.